The predicted octanol–water partition coefficient (Wildman–Crippen LogP) is 4.32. The molecule has 0 saturated carbocycles. The van der Waals surface area contributed by atoms with Crippen molar-refractivity contribution in [3.8, 4) is 0 Å². The maximum Gasteiger partial charge on any atom is 0.195 e. The maximum absolute atomic E-state index is 12.7. The summed E-state index contributed by atoms with van der Waals surface area (Å²) < 4.78 is 0. The molecule has 0 aliphatic rings. The van der Waals surface area contributed by atoms with Gasteiger partial charge in [-0.25, -0.2) is 0 Å². The molecule has 2 aromatic carbocycles. The maximum atomic E-state index is 12.7. The molecule has 2 heteroatoms. The largest absolute Gasteiger partial charge is 0.360 e. The number of ketones is 1. The fourth-order valence-corrected chi connectivity index (χ4v) is 2.64. The highest BCUT2D eigenvalue weighted by Crippen LogP contribution is 2.23. The van der Waals surface area contributed by atoms with Gasteiger partial charge in [0, 0.05) is 28.2 Å². The Labute approximate surface area is 118 Å². The molecule has 0 amide bonds. The number of carbonyl (C=O) groups excluding carboxylic acids is 1. The van der Waals surface area contributed by atoms with Crippen molar-refractivity contribution in [1.82, 2.24) is 4.98 Å². The number of benzene rings is 2. The van der Waals surface area contributed by atoms with Crippen molar-refractivity contribution in [3.63, 3.8) is 0 Å². The van der Waals surface area contributed by atoms with E-state index >= 15 is 0 Å². The van der Waals surface area contributed by atoms with E-state index < -0.39 is 0 Å². The zero-order chi connectivity index (χ0) is 14.3. The van der Waals surface area contributed by atoms with Gasteiger partial charge in [-0.1, -0.05) is 35.9 Å². The predicted molar refractivity (Wildman–Crippen MR) is 82.4 cm³/mol. The standard InChI is InChI=1S/C18H17NO/c1-11-4-6-14(13(3)8-11)18(20)16-10-19-17-9-12(2)5-7-15(16)17/h4-10,19H,1-3H3. The van der Waals surface area contributed by atoms with Gasteiger partial charge in [0.05, 0.1) is 0 Å². The number of hydrogen-bond acceptors (Lipinski definition) is 1. The molecule has 3 aromatic rings. The Kier molecular flexibility index (Phi) is 2.94. The topological polar surface area (TPSA) is 32.9 Å². The van der Waals surface area contributed by atoms with E-state index in [2.05, 4.69) is 11.1 Å². The first-order chi connectivity index (χ1) is 9.56. The van der Waals surface area contributed by atoms with Gasteiger partial charge in [0.25, 0.3) is 0 Å². The van der Waals surface area contributed by atoms with E-state index in [9.17, 15) is 4.79 Å². The van der Waals surface area contributed by atoms with Crippen LogP contribution >= 0.6 is 0 Å². The van der Waals surface area contributed by atoms with Gasteiger partial charge in [0.15, 0.2) is 5.78 Å². The van der Waals surface area contributed by atoms with Crippen LogP contribution in [-0.4, -0.2) is 10.8 Å². The van der Waals surface area contributed by atoms with Gasteiger partial charge in [0.2, 0.25) is 0 Å². The Hall–Kier alpha value is -2.35. The normalized spacial score (nSPS) is 10.9. The van der Waals surface area contributed by atoms with E-state index in [-0.39, 0.29) is 5.78 Å². The minimum atomic E-state index is 0.0811. The molecule has 2 nitrogen and oxygen atoms in total. The third kappa shape index (κ3) is 2.03. The summed E-state index contributed by atoms with van der Waals surface area (Å²) in [6.07, 6.45) is 1.81. The Morgan fingerprint density at radius 2 is 1.60 bits per heavy atom. The molecular formula is C18H17NO. The Morgan fingerprint density at radius 3 is 2.35 bits per heavy atom. The monoisotopic (exact) mass is 263 g/mol. The molecule has 0 fully saturated rings. The van der Waals surface area contributed by atoms with E-state index in [1.54, 1.807) is 0 Å². The highest BCUT2D eigenvalue weighted by atomic mass is 16.1. The molecule has 3 rings (SSSR count). The third-order valence-electron chi connectivity index (χ3n) is 3.71. The lowest BCUT2D eigenvalue weighted by Gasteiger charge is -2.05. The number of nitrogens with one attached hydrogen (secondary N) is 1. The molecule has 100 valence electrons. The molecular weight excluding hydrogens is 246 g/mol. The zero-order valence-electron chi connectivity index (χ0n) is 11.9. The summed E-state index contributed by atoms with van der Waals surface area (Å²) in [5.74, 6) is 0.0811. The van der Waals surface area contributed by atoms with Crippen LogP contribution in [0, 0.1) is 20.8 Å². The number of aromatic nitrogens is 1. The van der Waals surface area contributed by atoms with Crippen LogP contribution in [0.25, 0.3) is 10.9 Å². The number of aromatic amines is 1. The summed E-state index contributed by atoms with van der Waals surface area (Å²) in [4.78, 5) is 15.9. The minimum Gasteiger partial charge on any atom is -0.360 e. The average Bonchev–Trinajstić information content (AvgIpc) is 2.80. The van der Waals surface area contributed by atoms with Crippen LogP contribution in [0.2, 0.25) is 0 Å². The molecule has 20 heavy (non-hydrogen) atoms. The van der Waals surface area contributed by atoms with Crippen LogP contribution in [0.5, 0.6) is 0 Å². The van der Waals surface area contributed by atoms with E-state index in [4.69, 9.17) is 0 Å². The summed E-state index contributed by atoms with van der Waals surface area (Å²) in [5.41, 5.74) is 5.91. The van der Waals surface area contributed by atoms with Crippen molar-refractivity contribution in [2.45, 2.75) is 20.8 Å². The SMILES string of the molecule is Cc1ccc(C(=O)c2c[nH]c3cc(C)ccc23)c(C)c1. The number of fused-ring (bicyclic) bond motifs is 1. The first-order valence-electron chi connectivity index (χ1n) is 6.76. The van der Waals surface area contributed by atoms with Crippen molar-refractivity contribution in [2.75, 3.05) is 0 Å². The van der Waals surface area contributed by atoms with Gasteiger partial charge in [-0.05, 0) is 38.0 Å². The van der Waals surface area contributed by atoms with E-state index in [0.717, 1.165) is 27.6 Å². The highest BCUT2D eigenvalue weighted by molar-refractivity contribution is 6.17. The molecule has 0 unspecified atom stereocenters. The van der Waals surface area contributed by atoms with Crippen LogP contribution in [-0.2, 0) is 0 Å². The lowest BCUT2D eigenvalue weighted by molar-refractivity contribution is 0.104. The first-order valence-corrected chi connectivity index (χ1v) is 6.76. The van der Waals surface area contributed by atoms with Gasteiger partial charge in [0.1, 0.15) is 0 Å². The van der Waals surface area contributed by atoms with Gasteiger partial charge < -0.3 is 4.98 Å². The Balaban J connectivity index is 2.13. The van der Waals surface area contributed by atoms with Crippen molar-refractivity contribution in [2.24, 2.45) is 0 Å². The molecule has 0 aliphatic carbocycles. The zero-order valence-corrected chi connectivity index (χ0v) is 11.9. The molecule has 0 radical (unpaired) electrons. The lowest BCUT2D eigenvalue weighted by Crippen LogP contribution is -2.03. The van der Waals surface area contributed by atoms with Crippen molar-refractivity contribution >= 4 is 16.7 Å². The summed E-state index contributed by atoms with van der Waals surface area (Å²) in [6.45, 7) is 6.07. The quantitative estimate of drug-likeness (QED) is 0.686. The van der Waals surface area contributed by atoms with Gasteiger partial charge >= 0.3 is 0 Å². The summed E-state index contributed by atoms with van der Waals surface area (Å²) in [7, 11) is 0. The summed E-state index contributed by atoms with van der Waals surface area (Å²) >= 11 is 0. The van der Waals surface area contributed by atoms with Gasteiger partial charge in [-0.15, -0.1) is 0 Å². The second kappa shape index (κ2) is 4.64. The van der Waals surface area contributed by atoms with Crippen molar-refractivity contribution in [3.05, 3.63) is 70.4 Å². The summed E-state index contributed by atoms with van der Waals surface area (Å²) in [6, 6.07) is 12.1. The average molecular weight is 263 g/mol. The fourth-order valence-electron chi connectivity index (χ4n) is 2.64. The molecule has 0 saturated heterocycles. The van der Waals surface area contributed by atoms with E-state index in [1.165, 1.54) is 11.1 Å². The molecule has 1 aromatic heterocycles. The molecule has 1 heterocycles. The van der Waals surface area contributed by atoms with Crippen molar-refractivity contribution in [1.29, 1.82) is 0 Å². The van der Waals surface area contributed by atoms with Gasteiger partial charge in [-0.2, -0.15) is 0 Å². The van der Waals surface area contributed by atoms with Crippen LogP contribution in [0.4, 0.5) is 0 Å². The Morgan fingerprint density at radius 1 is 0.900 bits per heavy atom. The highest BCUT2D eigenvalue weighted by Gasteiger charge is 2.15. The number of rotatable bonds is 2. The fraction of sp³-hybridized carbons (Fsp3) is 0.167. The first kappa shape index (κ1) is 12.7. The summed E-state index contributed by atoms with van der Waals surface area (Å²) in [5, 5.41) is 0.987. The number of H-pyrrole nitrogens is 1. The molecule has 0 atom stereocenters. The molecule has 0 spiro atoms. The number of hydrogen-bond donors (Lipinski definition) is 1. The minimum absolute atomic E-state index is 0.0811. The van der Waals surface area contributed by atoms with E-state index in [1.807, 2.05) is 57.3 Å². The van der Waals surface area contributed by atoms with Crippen LogP contribution in [0.15, 0.2) is 42.6 Å². The smallest absolute Gasteiger partial charge is 0.195 e. The van der Waals surface area contributed by atoms with Crippen LogP contribution in [0.1, 0.15) is 32.6 Å². The van der Waals surface area contributed by atoms with E-state index in [0.29, 0.717) is 0 Å². The molecule has 0 aliphatic heterocycles. The second-order valence-corrected chi connectivity index (χ2v) is 5.40. The molecule has 0 bridgehead atoms. The Bertz CT molecular complexity index is 811. The number of aryl methyl sites for hydroxylation is 3. The second-order valence-electron chi connectivity index (χ2n) is 5.40. The lowest BCUT2D eigenvalue weighted by atomic mass is 9.97. The van der Waals surface area contributed by atoms with Crippen LogP contribution in [0.3, 0.4) is 0 Å². The van der Waals surface area contributed by atoms with Crippen molar-refractivity contribution < 1.29 is 4.79 Å². The van der Waals surface area contributed by atoms with Gasteiger partial charge in [-0.3, -0.25) is 4.79 Å². The third-order valence-corrected chi connectivity index (χ3v) is 3.71. The number of carbonyl (C=O) groups is 1. The molecule has 1 N–H and O–H groups in total. The van der Waals surface area contributed by atoms with Crippen LogP contribution < -0.4 is 0 Å².